The van der Waals surface area contributed by atoms with Gasteiger partial charge in [-0.15, -0.1) is 11.3 Å². The second-order valence-electron chi connectivity index (χ2n) is 7.60. The molecule has 2 aromatic heterocycles. The monoisotopic (exact) mass is 409 g/mol. The number of aryl methyl sites for hydroxylation is 1. The van der Waals surface area contributed by atoms with Gasteiger partial charge in [-0.1, -0.05) is 0 Å². The zero-order valence-corrected chi connectivity index (χ0v) is 16.7. The van der Waals surface area contributed by atoms with Crippen molar-refractivity contribution in [3.05, 3.63) is 50.6 Å². The van der Waals surface area contributed by atoms with E-state index in [4.69, 9.17) is 4.74 Å². The highest BCUT2D eigenvalue weighted by molar-refractivity contribution is 7.17. The van der Waals surface area contributed by atoms with Gasteiger partial charge in [0, 0.05) is 29.1 Å². The number of methoxy groups -OCH3 is 1. The van der Waals surface area contributed by atoms with E-state index in [1.54, 1.807) is 19.2 Å². The second-order valence-corrected chi connectivity index (χ2v) is 8.65. The Hall–Kier alpha value is -2.93. The van der Waals surface area contributed by atoms with E-state index in [1.807, 2.05) is 10.6 Å². The highest BCUT2D eigenvalue weighted by Crippen LogP contribution is 2.45. The van der Waals surface area contributed by atoms with Crippen LogP contribution in [-0.4, -0.2) is 28.5 Å². The first-order chi connectivity index (χ1) is 14.0. The number of hydrogen-bond acceptors (Lipinski definition) is 5. The molecule has 1 fully saturated rings. The molecule has 148 valence electrons. The number of carboxylic acids is 1. The molecule has 2 aliphatic rings. The van der Waals surface area contributed by atoms with Gasteiger partial charge in [-0.25, -0.2) is 4.79 Å². The van der Waals surface area contributed by atoms with Gasteiger partial charge in [0.05, 0.1) is 22.9 Å². The van der Waals surface area contributed by atoms with Crippen LogP contribution in [0.1, 0.15) is 57.3 Å². The molecule has 1 saturated carbocycles. The molecule has 1 aromatic carbocycles. The van der Waals surface area contributed by atoms with Crippen molar-refractivity contribution in [2.24, 2.45) is 0 Å². The number of fused-ring (bicyclic) bond motifs is 2. The number of carbonyl (C=O) groups is 2. The van der Waals surface area contributed by atoms with Crippen molar-refractivity contribution in [2.75, 3.05) is 7.11 Å². The number of carbonyl (C=O) groups excluding carboxylic acids is 1. The van der Waals surface area contributed by atoms with Gasteiger partial charge in [-0.05, 0) is 49.4 Å². The lowest BCUT2D eigenvalue weighted by atomic mass is 9.97. The first-order valence-corrected chi connectivity index (χ1v) is 10.5. The van der Waals surface area contributed by atoms with Crippen molar-refractivity contribution in [3.63, 3.8) is 0 Å². The first-order valence-electron chi connectivity index (χ1n) is 9.65. The van der Waals surface area contributed by atoms with Crippen LogP contribution < -0.4 is 10.2 Å². The van der Waals surface area contributed by atoms with Crippen LogP contribution in [0.3, 0.4) is 0 Å². The van der Waals surface area contributed by atoms with Crippen LogP contribution >= 0.6 is 11.3 Å². The van der Waals surface area contributed by atoms with E-state index in [1.165, 1.54) is 17.5 Å². The Kier molecular flexibility index (Phi) is 4.10. The lowest BCUT2D eigenvalue weighted by Crippen LogP contribution is -2.19. The fourth-order valence-electron chi connectivity index (χ4n) is 4.15. The number of Topliss-reactive ketones (excluding diaryl/α,β-unsaturated/α-hetero) is 1. The van der Waals surface area contributed by atoms with Crippen LogP contribution in [0.25, 0.3) is 21.3 Å². The van der Waals surface area contributed by atoms with Crippen LogP contribution in [-0.2, 0) is 6.42 Å². The van der Waals surface area contributed by atoms with Crippen molar-refractivity contribution in [1.82, 2.24) is 4.57 Å². The van der Waals surface area contributed by atoms with Gasteiger partial charge in [0.15, 0.2) is 11.5 Å². The fraction of sp³-hybridized carbons (Fsp3) is 0.318. The lowest BCUT2D eigenvalue weighted by molar-refractivity contribution is 0.0694. The maximum absolute atomic E-state index is 12.8. The average molecular weight is 409 g/mol. The number of thiophene rings is 1. The Labute approximate surface area is 170 Å². The van der Waals surface area contributed by atoms with E-state index in [2.05, 4.69) is 0 Å². The summed E-state index contributed by atoms with van der Waals surface area (Å²) in [5.41, 5.74) is 1.79. The molecule has 0 saturated heterocycles. The number of pyridine rings is 1. The Morgan fingerprint density at radius 1 is 1.24 bits per heavy atom. The van der Waals surface area contributed by atoms with Crippen molar-refractivity contribution in [2.45, 2.75) is 38.1 Å². The van der Waals surface area contributed by atoms with Gasteiger partial charge in [-0.3, -0.25) is 9.59 Å². The Morgan fingerprint density at radius 3 is 2.69 bits per heavy atom. The molecule has 7 heteroatoms. The van der Waals surface area contributed by atoms with Gasteiger partial charge in [0.25, 0.3) is 0 Å². The van der Waals surface area contributed by atoms with Crippen LogP contribution in [0, 0.1) is 0 Å². The van der Waals surface area contributed by atoms with E-state index < -0.39 is 11.4 Å². The van der Waals surface area contributed by atoms with E-state index in [-0.39, 0.29) is 17.4 Å². The molecule has 0 amide bonds. The van der Waals surface area contributed by atoms with Crippen molar-refractivity contribution in [1.29, 1.82) is 0 Å². The third-order valence-corrected chi connectivity index (χ3v) is 6.95. The molecule has 29 heavy (non-hydrogen) atoms. The zero-order chi connectivity index (χ0) is 20.3. The summed E-state index contributed by atoms with van der Waals surface area (Å²) in [7, 11) is 1.56. The van der Waals surface area contributed by atoms with E-state index in [0.29, 0.717) is 23.1 Å². The van der Waals surface area contributed by atoms with Crippen LogP contribution in [0.5, 0.6) is 5.75 Å². The van der Waals surface area contributed by atoms with Gasteiger partial charge < -0.3 is 14.4 Å². The molecule has 5 rings (SSSR count). The molecule has 0 bridgehead atoms. The maximum Gasteiger partial charge on any atom is 0.341 e. The van der Waals surface area contributed by atoms with Gasteiger partial charge in [-0.2, -0.15) is 0 Å². The smallest absolute Gasteiger partial charge is 0.341 e. The van der Waals surface area contributed by atoms with E-state index in [9.17, 15) is 19.5 Å². The minimum absolute atomic E-state index is 0.165. The number of ether oxygens (including phenoxy) is 1. The highest BCUT2D eigenvalue weighted by atomic mass is 32.1. The first kappa shape index (κ1) is 18.1. The molecule has 2 heterocycles. The summed E-state index contributed by atoms with van der Waals surface area (Å²) in [6.07, 6.45) is 5.66. The predicted molar refractivity (Wildman–Crippen MR) is 111 cm³/mol. The number of hydrogen-bond donors (Lipinski definition) is 1. The molecule has 2 aliphatic carbocycles. The van der Waals surface area contributed by atoms with Gasteiger partial charge in [0.2, 0.25) is 5.43 Å². The molecular weight excluding hydrogens is 390 g/mol. The number of rotatable bonds is 4. The summed E-state index contributed by atoms with van der Waals surface area (Å²) in [6.45, 7) is 0. The number of aromatic nitrogens is 1. The van der Waals surface area contributed by atoms with Crippen molar-refractivity contribution < 1.29 is 19.4 Å². The SMILES string of the molecule is COc1c(-c2cc3c(s2)C(=O)CCC3)ccc2c(=O)c(C(=O)O)cn(C3CC3)c12. The third-order valence-electron chi connectivity index (χ3n) is 5.70. The summed E-state index contributed by atoms with van der Waals surface area (Å²) < 4.78 is 7.64. The summed E-state index contributed by atoms with van der Waals surface area (Å²) in [6, 6.07) is 5.69. The average Bonchev–Trinajstić information content (AvgIpc) is 3.45. The van der Waals surface area contributed by atoms with Crippen LogP contribution in [0.2, 0.25) is 0 Å². The van der Waals surface area contributed by atoms with Gasteiger partial charge in [0.1, 0.15) is 5.56 Å². The van der Waals surface area contributed by atoms with E-state index in [0.717, 1.165) is 46.6 Å². The Balaban J connectivity index is 1.80. The molecule has 3 aromatic rings. The van der Waals surface area contributed by atoms with Gasteiger partial charge >= 0.3 is 5.97 Å². The minimum atomic E-state index is -1.22. The summed E-state index contributed by atoms with van der Waals surface area (Å²) in [5, 5.41) is 9.80. The molecular formula is C22H19NO5S. The number of benzene rings is 1. The fourth-order valence-corrected chi connectivity index (χ4v) is 5.35. The second kappa shape index (κ2) is 6.56. The summed E-state index contributed by atoms with van der Waals surface area (Å²) in [4.78, 5) is 38.4. The molecule has 0 aliphatic heterocycles. The highest BCUT2D eigenvalue weighted by Gasteiger charge is 2.30. The largest absolute Gasteiger partial charge is 0.494 e. The molecule has 1 N–H and O–H groups in total. The topological polar surface area (TPSA) is 85.6 Å². The minimum Gasteiger partial charge on any atom is -0.494 e. The quantitative estimate of drug-likeness (QED) is 0.695. The molecule has 0 radical (unpaired) electrons. The normalized spacial score (nSPS) is 16.1. The summed E-state index contributed by atoms with van der Waals surface area (Å²) >= 11 is 1.47. The van der Waals surface area contributed by atoms with Crippen molar-refractivity contribution >= 4 is 34.0 Å². The number of carboxylic acid groups (broad SMARTS) is 1. The molecule has 0 atom stereocenters. The lowest BCUT2D eigenvalue weighted by Gasteiger charge is -2.17. The van der Waals surface area contributed by atoms with Crippen LogP contribution in [0.4, 0.5) is 0 Å². The zero-order valence-electron chi connectivity index (χ0n) is 15.9. The van der Waals surface area contributed by atoms with E-state index >= 15 is 0 Å². The molecule has 0 spiro atoms. The number of ketones is 1. The predicted octanol–water partition coefficient (Wildman–Crippen LogP) is 4.29. The third kappa shape index (κ3) is 2.80. The molecule has 6 nitrogen and oxygen atoms in total. The maximum atomic E-state index is 12.8. The van der Waals surface area contributed by atoms with Crippen LogP contribution in [0.15, 0.2) is 29.2 Å². The summed E-state index contributed by atoms with van der Waals surface area (Å²) in [5.74, 6) is -0.489. The number of nitrogens with zero attached hydrogens (tertiary/aromatic N) is 1. The Bertz CT molecular complexity index is 1250. The van der Waals surface area contributed by atoms with Crippen molar-refractivity contribution in [3.8, 4) is 16.2 Å². The number of aromatic carboxylic acids is 1. The molecule has 0 unspecified atom stereocenters. The standard InChI is InChI=1S/C22H19NO5S/c1-28-20-13(17-9-11-3-2-4-16(24)21(11)29-17)7-8-14-18(20)23(12-5-6-12)10-15(19(14)25)22(26)27/h7-10,12H,2-6H2,1H3,(H,26,27). The Morgan fingerprint density at radius 2 is 2.03 bits per heavy atom.